The molecule has 1 saturated heterocycles. The Morgan fingerprint density at radius 2 is 2.40 bits per heavy atom. The summed E-state index contributed by atoms with van der Waals surface area (Å²) in [6.07, 6.45) is 0.387. The summed E-state index contributed by atoms with van der Waals surface area (Å²) in [5.41, 5.74) is 0. The van der Waals surface area contributed by atoms with E-state index in [1.165, 1.54) is 0 Å². The van der Waals surface area contributed by atoms with Crippen molar-refractivity contribution in [3.8, 4) is 0 Å². The van der Waals surface area contributed by atoms with Gasteiger partial charge in [0.2, 0.25) is 5.91 Å². The summed E-state index contributed by atoms with van der Waals surface area (Å²) in [6.45, 7) is 3.92. The molecular weight excluding hydrogens is 198 g/mol. The summed E-state index contributed by atoms with van der Waals surface area (Å²) >= 11 is 0. The van der Waals surface area contributed by atoms with E-state index in [-0.39, 0.29) is 12.0 Å². The van der Waals surface area contributed by atoms with Crippen LogP contribution in [0.3, 0.4) is 0 Å². The zero-order valence-corrected chi connectivity index (χ0v) is 9.07. The van der Waals surface area contributed by atoms with Gasteiger partial charge in [-0.25, -0.2) is 0 Å². The molecule has 0 radical (unpaired) electrons. The second-order valence-electron chi connectivity index (χ2n) is 3.76. The van der Waals surface area contributed by atoms with Crippen molar-refractivity contribution in [3.63, 3.8) is 0 Å². The number of aliphatic hydroxyl groups excluding tert-OH is 1. The Bertz CT molecular complexity index is 190. The van der Waals surface area contributed by atoms with Crippen LogP contribution in [0.15, 0.2) is 0 Å². The van der Waals surface area contributed by atoms with Crippen LogP contribution < -0.4 is 5.32 Å². The van der Waals surface area contributed by atoms with E-state index in [0.717, 1.165) is 0 Å². The van der Waals surface area contributed by atoms with Crippen LogP contribution in [0.5, 0.6) is 0 Å². The molecule has 1 fully saturated rings. The lowest BCUT2D eigenvalue weighted by molar-refractivity contribution is -0.124. The molecule has 1 rings (SSSR count). The van der Waals surface area contributed by atoms with Crippen molar-refractivity contribution in [3.05, 3.63) is 0 Å². The van der Waals surface area contributed by atoms with E-state index in [0.29, 0.717) is 39.2 Å². The molecule has 0 bridgehead atoms. The number of ether oxygens (including phenoxy) is 2. The van der Waals surface area contributed by atoms with Gasteiger partial charge in [-0.15, -0.1) is 0 Å². The van der Waals surface area contributed by atoms with Crippen molar-refractivity contribution >= 4 is 5.91 Å². The predicted octanol–water partition coefficient (Wildman–Crippen LogP) is -0.321. The number of aliphatic hydroxyl groups is 1. The molecule has 1 aliphatic heterocycles. The molecule has 1 heterocycles. The monoisotopic (exact) mass is 217 g/mol. The molecule has 0 saturated carbocycles. The number of hydrogen-bond acceptors (Lipinski definition) is 4. The van der Waals surface area contributed by atoms with Gasteiger partial charge in [0.15, 0.2) is 0 Å². The van der Waals surface area contributed by atoms with Crippen LogP contribution >= 0.6 is 0 Å². The van der Waals surface area contributed by atoms with Gasteiger partial charge in [-0.3, -0.25) is 4.79 Å². The van der Waals surface area contributed by atoms with Gasteiger partial charge in [0, 0.05) is 13.0 Å². The molecule has 1 amide bonds. The molecule has 0 aliphatic carbocycles. The van der Waals surface area contributed by atoms with E-state index in [9.17, 15) is 4.79 Å². The van der Waals surface area contributed by atoms with Crippen LogP contribution in [0.1, 0.15) is 19.8 Å². The first-order chi connectivity index (χ1) is 7.18. The average molecular weight is 217 g/mol. The van der Waals surface area contributed by atoms with Crippen molar-refractivity contribution in [2.75, 3.05) is 26.4 Å². The highest BCUT2D eigenvalue weighted by Crippen LogP contribution is 2.00. The maximum atomic E-state index is 11.3. The standard InChI is InChI=1S/C10H19NO4/c1-8(12)2-3-10(13)11-6-9-7-14-4-5-15-9/h8-9,12H,2-7H2,1H3,(H,11,13). The minimum atomic E-state index is -0.426. The van der Waals surface area contributed by atoms with Crippen LogP contribution in [-0.2, 0) is 14.3 Å². The molecule has 2 N–H and O–H groups in total. The maximum Gasteiger partial charge on any atom is 0.220 e. The van der Waals surface area contributed by atoms with E-state index in [1.807, 2.05) is 0 Å². The van der Waals surface area contributed by atoms with Crippen LogP contribution in [0.25, 0.3) is 0 Å². The van der Waals surface area contributed by atoms with E-state index in [2.05, 4.69) is 5.32 Å². The summed E-state index contributed by atoms with van der Waals surface area (Å²) in [4.78, 5) is 11.3. The Balaban J connectivity index is 2.05. The minimum absolute atomic E-state index is 0.0331. The number of rotatable bonds is 5. The van der Waals surface area contributed by atoms with Crippen LogP contribution in [0.2, 0.25) is 0 Å². The summed E-state index contributed by atoms with van der Waals surface area (Å²) in [6, 6.07) is 0. The highest BCUT2D eigenvalue weighted by Gasteiger charge is 2.15. The summed E-state index contributed by atoms with van der Waals surface area (Å²) < 4.78 is 10.6. The Hall–Kier alpha value is -0.650. The number of amides is 1. The first-order valence-electron chi connectivity index (χ1n) is 5.32. The van der Waals surface area contributed by atoms with E-state index in [4.69, 9.17) is 14.6 Å². The molecule has 5 nitrogen and oxygen atoms in total. The van der Waals surface area contributed by atoms with Crippen molar-refractivity contribution in [1.82, 2.24) is 5.32 Å². The number of nitrogens with one attached hydrogen (secondary N) is 1. The van der Waals surface area contributed by atoms with Crippen molar-refractivity contribution in [2.45, 2.75) is 32.0 Å². The van der Waals surface area contributed by atoms with Gasteiger partial charge in [0.1, 0.15) is 0 Å². The van der Waals surface area contributed by atoms with Crippen LogP contribution in [0, 0.1) is 0 Å². The molecule has 0 aromatic heterocycles. The van der Waals surface area contributed by atoms with Gasteiger partial charge in [-0.1, -0.05) is 0 Å². The van der Waals surface area contributed by atoms with Gasteiger partial charge in [0.25, 0.3) is 0 Å². The number of hydrogen-bond donors (Lipinski definition) is 2. The Morgan fingerprint density at radius 1 is 1.60 bits per heavy atom. The van der Waals surface area contributed by atoms with Gasteiger partial charge >= 0.3 is 0 Å². The fraction of sp³-hybridized carbons (Fsp3) is 0.900. The molecule has 1 aliphatic rings. The average Bonchev–Trinajstić information content (AvgIpc) is 2.25. The highest BCUT2D eigenvalue weighted by atomic mass is 16.6. The van der Waals surface area contributed by atoms with E-state index in [1.54, 1.807) is 6.92 Å². The first-order valence-corrected chi connectivity index (χ1v) is 5.32. The Kier molecular flexibility index (Phi) is 5.60. The number of carbonyl (C=O) groups excluding carboxylic acids is 1. The lowest BCUT2D eigenvalue weighted by Gasteiger charge is -2.23. The molecule has 5 heteroatoms. The molecule has 15 heavy (non-hydrogen) atoms. The van der Waals surface area contributed by atoms with Gasteiger partial charge < -0.3 is 19.9 Å². The predicted molar refractivity (Wildman–Crippen MR) is 54.5 cm³/mol. The fourth-order valence-corrected chi connectivity index (χ4v) is 1.31. The summed E-state index contributed by atoms with van der Waals surface area (Å²) in [7, 11) is 0. The molecule has 0 spiro atoms. The molecule has 2 atom stereocenters. The normalized spacial score (nSPS) is 23.5. The smallest absolute Gasteiger partial charge is 0.220 e. The quantitative estimate of drug-likeness (QED) is 0.662. The molecule has 0 aromatic carbocycles. The maximum absolute atomic E-state index is 11.3. The first kappa shape index (κ1) is 12.4. The second kappa shape index (κ2) is 6.76. The second-order valence-corrected chi connectivity index (χ2v) is 3.76. The van der Waals surface area contributed by atoms with Crippen LogP contribution in [-0.4, -0.2) is 49.6 Å². The molecule has 2 unspecified atom stereocenters. The van der Waals surface area contributed by atoms with Gasteiger partial charge in [-0.2, -0.15) is 0 Å². The van der Waals surface area contributed by atoms with Crippen molar-refractivity contribution < 1.29 is 19.4 Å². The summed E-state index contributed by atoms with van der Waals surface area (Å²) in [5.74, 6) is -0.0509. The third-order valence-electron chi connectivity index (χ3n) is 2.20. The molecule has 0 aromatic rings. The van der Waals surface area contributed by atoms with Crippen LogP contribution in [0.4, 0.5) is 0 Å². The zero-order chi connectivity index (χ0) is 11.1. The third-order valence-corrected chi connectivity index (χ3v) is 2.20. The fourth-order valence-electron chi connectivity index (χ4n) is 1.31. The summed E-state index contributed by atoms with van der Waals surface area (Å²) in [5, 5.41) is 11.7. The highest BCUT2D eigenvalue weighted by molar-refractivity contribution is 5.75. The van der Waals surface area contributed by atoms with Crippen molar-refractivity contribution in [1.29, 1.82) is 0 Å². The lowest BCUT2D eigenvalue weighted by atomic mass is 10.2. The number of carbonyl (C=O) groups is 1. The van der Waals surface area contributed by atoms with Gasteiger partial charge in [-0.05, 0) is 13.3 Å². The Labute approximate surface area is 89.8 Å². The largest absolute Gasteiger partial charge is 0.393 e. The minimum Gasteiger partial charge on any atom is -0.393 e. The van der Waals surface area contributed by atoms with E-state index < -0.39 is 6.10 Å². The van der Waals surface area contributed by atoms with Gasteiger partial charge in [0.05, 0.1) is 32.0 Å². The van der Waals surface area contributed by atoms with Crippen molar-refractivity contribution in [2.24, 2.45) is 0 Å². The SMILES string of the molecule is CC(O)CCC(=O)NCC1COCCO1. The molecule has 88 valence electrons. The topological polar surface area (TPSA) is 67.8 Å². The molecular formula is C10H19NO4. The lowest BCUT2D eigenvalue weighted by Crippen LogP contribution is -2.39. The third kappa shape index (κ3) is 5.71. The Morgan fingerprint density at radius 3 is 3.00 bits per heavy atom. The zero-order valence-electron chi connectivity index (χ0n) is 9.07. The van der Waals surface area contributed by atoms with E-state index >= 15 is 0 Å².